The molecule has 0 saturated heterocycles. The van der Waals surface area contributed by atoms with E-state index in [0.29, 0.717) is 29.0 Å². The van der Waals surface area contributed by atoms with Crippen LogP contribution in [0.2, 0.25) is 0 Å². The molecule has 0 fully saturated rings. The summed E-state index contributed by atoms with van der Waals surface area (Å²) in [7, 11) is 0. The van der Waals surface area contributed by atoms with Gasteiger partial charge in [0.1, 0.15) is 11.5 Å². The highest BCUT2D eigenvalue weighted by molar-refractivity contribution is 9.10. The van der Waals surface area contributed by atoms with Gasteiger partial charge in [-0.2, -0.15) is 0 Å². The van der Waals surface area contributed by atoms with Crippen molar-refractivity contribution in [3.63, 3.8) is 0 Å². The van der Waals surface area contributed by atoms with E-state index in [4.69, 9.17) is 21.7 Å². The van der Waals surface area contributed by atoms with E-state index in [1.54, 1.807) is 18.2 Å². The lowest BCUT2D eigenvalue weighted by atomic mass is 10.2. The van der Waals surface area contributed by atoms with Crippen molar-refractivity contribution in [3.05, 3.63) is 88.4 Å². The summed E-state index contributed by atoms with van der Waals surface area (Å²) in [5.41, 5.74) is 2.44. The lowest BCUT2D eigenvalue weighted by Crippen LogP contribution is -2.34. The molecule has 2 N–H and O–H groups in total. The zero-order valence-electron chi connectivity index (χ0n) is 19.9. The summed E-state index contributed by atoms with van der Waals surface area (Å²) in [5.74, 6) is 1.15. The van der Waals surface area contributed by atoms with Crippen LogP contribution in [-0.4, -0.2) is 24.2 Å². The first-order valence-corrected chi connectivity index (χ1v) is 13.1. The largest absolute Gasteiger partial charge is 0.494 e. The third-order valence-corrected chi connectivity index (χ3v) is 6.09. The molecule has 0 aliphatic heterocycles. The minimum atomic E-state index is -0.303. The summed E-state index contributed by atoms with van der Waals surface area (Å²) in [6.07, 6.45) is 5.43. The summed E-state index contributed by atoms with van der Waals surface area (Å²) in [6, 6.07) is 22.9. The molecule has 5 nitrogen and oxygen atoms in total. The highest BCUT2D eigenvalue weighted by Crippen LogP contribution is 2.26. The van der Waals surface area contributed by atoms with Gasteiger partial charge in [0.2, 0.25) is 0 Å². The van der Waals surface area contributed by atoms with Gasteiger partial charge in [0.05, 0.1) is 17.7 Å². The van der Waals surface area contributed by atoms with E-state index < -0.39 is 0 Å². The second kappa shape index (κ2) is 14.5. The van der Waals surface area contributed by atoms with Gasteiger partial charge in [-0.25, -0.2) is 0 Å². The van der Waals surface area contributed by atoms with E-state index in [1.165, 1.54) is 24.8 Å². The predicted octanol–water partition coefficient (Wildman–Crippen LogP) is 7.16. The normalized spacial score (nSPS) is 10.5. The van der Waals surface area contributed by atoms with Crippen LogP contribution < -0.4 is 20.1 Å². The van der Waals surface area contributed by atoms with Gasteiger partial charge in [-0.05, 0) is 70.5 Å². The molecule has 0 unspecified atom stereocenters. The van der Waals surface area contributed by atoms with E-state index in [2.05, 4.69) is 45.6 Å². The van der Waals surface area contributed by atoms with E-state index in [9.17, 15) is 4.79 Å². The molecule has 0 bridgehead atoms. The predicted molar refractivity (Wildman–Crippen MR) is 150 cm³/mol. The van der Waals surface area contributed by atoms with E-state index in [-0.39, 0.29) is 11.0 Å². The van der Waals surface area contributed by atoms with Gasteiger partial charge in [0.25, 0.3) is 5.91 Å². The maximum atomic E-state index is 12.7. The second-order valence-corrected chi connectivity index (χ2v) is 9.34. The molecule has 0 saturated carbocycles. The maximum Gasteiger partial charge on any atom is 0.257 e. The summed E-state index contributed by atoms with van der Waals surface area (Å²) in [6.45, 7) is 3.42. The molecule has 3 aromatic carbocycles. The number of nitrogens with one attached hydrogen (secondary N) is 2. The summed E-state index contributed by atoms with van der Waals surface area (Å²) < 4.78 is 12.4. The van der Waals surface area contributed by atoms with E-state index in [0.717, 1.165) is 24.3 Å². The van der Waals surface area contributed by atoms with Gasteiger partial charge in [-0.3, -0.25) is 10.1 Å². The molecule has 0 aliphatic rings. The van der Waals surface area contributed by atoms with Crippen molar-refractivity contribution >= 4 is 44.9 Å². The number of unbranched alkanes of at least 4 members (excludes halogenated alkanes) is 3. The fourth-order valence-electron chi connectivity index (χ4n) is 3.40. The molecule has 0 heterocycles. The van der Waals surface area contributed by atoms with Crippen LogP contribution in [0.3, 0.4) is 0 Å². The third kappa shape index (κ3) is 9.34. The van der Waals surface area contributed by atoms with Crippen molar-refractivity contribution < 1.29 is 14.3 Å². The van der Waals surface area contributed by atoms with E-state index in [1.807, 2.05) is 42.5 Å². The van der Waals surface area contributed by atoms with Gasteiger partial charge in [0.15, 0.2) is 5.11 Å². The fourth-order valence-corrected chi connectivity index (χ4v) is 4.11. The minimum Gasteiger partial charge on any atom is -0.494 e. The summed E-state index contributed by atoms with van der Waals surface area (Å²) in [4.78, 5) is 12.7. The quantitative estimate of drug-likeness (QED) is 0.184. The molecule has 0 aromatic heterocycles. The number of anilines is 1. The monoisotopic (exact) mass is 554 g/mol. The van der Waals surface area contributed by atoms with Crippen molar-refractivity contribution in [2.75, 3.05) is 18.5 Å². The van der Waals surface area contributed by atoms with Crippen molar-refractivity contribution in [3.8, 4) is 11.5 Å². The molecular weight excluding hydrogens is 524 g/mol. The van der Waals surface area contributed by atoms with Crippen LogP contribution in [0.1, 0.15) is 48.5 Å². The first kappa shape index (κ1) is 26.7. The van der Waals surface area contributed by atoms with Crippen molar-refractivity contribution in [1.82, 2.24) is 5.32 Å². The Labute approximate surface area is 221 Å². The van der Waals surface area contributed by atoms with Gasteiger partial charge in [-0.1, -0.05) is 62.6 Å². The lowest BCUT2D eigenvalue weighted by Gasteiger charge is -2.13. The molecule has 35 heavy (non-hydrogen) atoms. The van der Waals surface area contributed by atoms with Crippen molar-refractivity contribution in [2.45, 2.75) is 39.0 Å². The third-order valence-electron chi connectivity index (χ3n) is 5.27. The number of rotatable bonds is 12. The SMILES string of the molecule is CCCCCCOc1cccc(NC(=S)NC(=O)c2ccc(OCCc3ccccc3)c(Br)c2)c1. The van der Waals surface area contributed by atoms with Crippen LogP contribution >= 0.6 is 28.1 Å². The number of carbonyl (C=O) groups is 1. The molecule has 3 aromatic rings. The van der Waals surface area contributed by atoms with Crippen LogP contribution in [0.15, 0.2) is 77.3 Å². The Morgan fingerprint density at radius 1 is 0.914 bits per heavy atom. The number of halogens is 1. The number of hydrogen-bond acceptors (Lipinski definition) is 4. The highest BCUT2D eigenvalue weighted by Gasteiger charge is 2.11. The number of hydrogen-bond donors (Lipinski definition) is 2. The molecule has 0 atom stereocenters. The van der Waals surface area contributed by atoms with Gasteiger partial charge >= 0.3 is 0 Å². The summed E-state index contributed by atoms with van der Waals surface area (Å²) >= 11 is 8.83. The maximum absolute atomic E-state index is 12.7. The highest BCUT2D eigenvalue weighted by atomic mass is 79.9. The Kier molecular flexibility index (Phi) is 11.1. The Morgan fingerprint density at radius 2 is 1.74 bits per heavy atom. The van der Waals surface area contributed by atoms with Crippen LogP contribution in [0.4, 0.5) is 5.69 Å². The topological polar surface area (TPSA) is 59.6 Å². The Bertz CT molecular complexity index is 1110. The van der Waals surface area contributed by atoms with E-state index >= 15 is 0 Å². The molecular formula is C28H31BrN2O3S. The smallest absolute Gasteiger partial charge is 0.257 e. The Balaban J connectivity index is 1.47. The van der Waals surface area contributed by atoms with Gasteiger partial charge in [-0.15, -0.1) is 0 Å². The standard InChI is InChI=1S/C28H31BrN2O3S/c1-2-3-4-8-17-33-24-13-9-12-23(20-24)30-28(35)31-27(32)22-14-15-26(25(29)19-22)34-18-16-21-10-6-5-7-11-21/h5-7,9-15,19-20H,2-4,8,16-18H2,1H3,(H2,30,31,32,35). The number of thiocarbonyl (C=S) groups is 1. The molecule has 184 valence electrons. The average Bonchev–Trinajstić information content (AvgIpc) is 2.85. The molecule has 1 amide bonds. The van der Waals surface area contributed by atoms with Gasteiger partial charge < -0.3 is 14.8 Å². The van der Waals surface area contributed by atoms with Gasteiger partial charge in [0, 0.05) is 23.7 Å². The number of amides is 1. The number of benzene rings is 3. The van der Waals surface area contributed by atoms with Crippen LogP contribution in [0.5, 0.6) is 11.5 Å². The zero-order chi connectivity index (χ0) is 24.9. The van der Waals surface area contributed by atoms with Crippen molar-refractivity contribution in [1.29, 1.82) is 0 Å². The minimum absolute atomic E-state index is 0.217. The molecule has 0 aliphatic carbocycles. The van der Waals surface area contributed by atoms with Crippen LogP contribution in [0.25, 0.3) is 0 Å². The van der Waals surface area contributed by atoms with Crippen LogP contribution in [0, 0.1) is 0 Å². The molecule has 7 heteroatoms. The average molecular weight is 556 g/mol. The second-order valence-electron chi connectivity index (χ2n) is 8.07. The first-order valence-electron chi connectivity index (χ1n) is 11.9. The first-order chi connectivity index (χ1) is 17.0. The van der Waals surface area contributed by atoms with Crippen LogP contribution in [-0.2, 0) is 6.42 Å². The zero-order valence-corrected chi connectivity index (χ0v) is 22.3. The molecule has 3 rings (SSSR count). The van der Waals surface area contributed by atoms with Crippen molar-refractivity contribution in [2.24, 2.45) is 0 Å². The fraction of sp³-hybridized carbons (Fsp3) is 0.286. The Morgan fingerprint density at radius 3 is 2.51 bits per heavy atom. The summed E-state index contributed by atoms with van der Waals surface area (Å²) in [5, 5.41) is 5.98. The lowest BCUT2D eigenvalue weighted by molar-refractivity contribution is 0.0977. The molecule has 0 radical (unpaired) electrons. The Hall–Kier alpha value is -2.90. The molecule has 0 spiro atoms. The number of ether oxygens (including phenoxy) is 2. The number of carbonyl (C=O) groups excluding carboxylic acids is 1.